The molecule has 0 atom stereocenters. The van der Waals surface area contributed by atoms with Crippen molar-refractivity contribution in [3.63, 3.8) is 0 Å². The van der Waals surface area contributed by atoms with Crippen LogP contribution in [0.4, 0.5) is 4.39 Å². The highest BCUT2D eigenvalue weighted by atomic mass is 35.5. The molecule has 0 aliphatic rings. The van der Waals surface area contributed by atoms with Crippen molar-refractivity contribution in [3.05, 3.63) is 23.0 Å². The lowest BCUT2D eigenvalue weighted by molar-refractivity contribution is -0.139. The van der Waals surface area contributed by atoms with Crippen molar-refractivity contribution in [2.45, 2.75) is 6.67 Å². The molecule has 0 saturated heterocycles. The summed E-state index contributed by atoms with van der Waals surface area (Å²) in [5, 5.41) is 8.28. The topological polar surface area (TPSA) is 59.4 Å². The van der Waals surface area contributed by atoms with E-state index < -0.39 is 19.3 Å². The molecule has 0 unspecified atom stereocenters. The van der Waals surface area contributed by atoms with Crippen LogP contribution in [0.5, 0.6) is 5.75 Å². The van der Waals surface area contributed by atoms with Crippen LogP contribution in [-0.4, -0.2) is 22.7 Å². The summed E-state index contributed by atoms with van der Waals surface area (Å²) in [7, 11) is 0. The normalized spacial score (nSPS) is 9.86. The van der Waals surface area contributed by atoms with Gasteiger partial charge in [0.05, 0.1) is 5.69 Å². The summed E-state index contributed by atoms with van der Waals surface area (Å²) in [6.45, 7) is -1.23. The quantitative estimate of drug-likeness (QED) is 0.783. The summed E-state index contributed by atoms with van der Waals surface area (Å²) in [6, 6.07) is 2.76. The lowest BCUT2D eigenvalue weighted by atomic mass is 10.3. The number of ether oxygens (including phenoxy) is 1. The number of hydrogen-bond acceptors (Lipinski definition) is 3. The Balaban J connectivity index is 2.73. The zero-order chi connectivity index (χ0) is 10.6. The van der Waals surface area contributed by atoms with Gasteiger partial charge in [-0.05, 0) is 12.1 Å². The van der Waals surface area contributed by atoms with Crippen LogP contribution in [0.2, 0.25) is 5.15 Å². The van der Waals surface area contributed by atoms with E-state index in [0.717, 1.165) is 0 Å². The number of aliphatic carboxylic acids is 1. The monoisotopic (exact) mass is 219 g/mol. The standard InChI is InChI=1S/C8H7ClFNO3/c9-8-6(14-4-7(12)13)2-1-5(3-10)11-8/h1-2H,3-4H2,(H,12,13). The second kappa shape index (κ2) is 4.76. The lowest BCUT2D eigenvalue weighted by Crippen LogP contribution is -2.10. The predicted molar refractivity (Wildman–Crippen MR) is 47.2 cm³/mol. The highest BCUT2D eigenvalue weighted by Gasteiger charge is 2.06. The van der Waals surface area contributed by atoms with Crippen LogP contribution in [0, 0.1) is 0 Å². The smallest absolute Gasteiger partial charge is 0.341 e. The van der Waals surface area contributed by atoms with Crippen LogP contribution >= 0.6 is 11.6 Å². The van der Waals surface area contributed by atoms with E-state index in [1.54, 1.807) is 0 Å². The number of carbonyl (C=O) groups is 1. The molecule has 1 N–H and O–H groups in total. The second-order valence-corrected chi connectivity index (χ2v) is 2.77. The number of carboxylic acid groups (broad SMARTS) is 1. The molecule has 4 nitrogen and oxygen atoms in total. The summed E-state index contributed by atoms with van der Waals surface area (Å²) in [5.74, 6) is -0.984. The van der Waals surface area contributed by atoms with E-state index in [2.05, 4.69) is 4.98 Å². The molecule has 14 heavy (non-hydrogen) atoms. The van der Waals surface area contributed by atoms with Gasteiger partial charge < -0.3 is 9.84 Å². The first-order valence-corrected chi connectivity index (χ1v) is 4.07. The molecule has 1 aromatic heterocycles. The van der Waals surface area contributed by atoms with Crippen molar-refractivity contribution in [1.29, 1.82) is 0 Å². The molecule has 0 radical (unpaired) electrons. The summed E-state index contributed by atoms with van der Waals surface area (Å²) < 4.78 is 16.9. The maximum Gasteiger partial charge on any atom is 0.341 e. The molecule has 1 aromatic rings. The molecular weight excluding hydrogens is 213 g/mol. The summed E-state index contributed by atoms with van der Waals surface area (Å²) >= 11 is 5.60. The number of aromatic nitrogens is 1. The van der Waals surface area contributed by atoms with E-state index in [0.29, 0.717) is 0 Å². The van der Waals surface area contributed by atoms with Crippen LogP contribution in [0.25, 0.3) is 0 Å². The fraction of sp³-hybridized carbons (Fsp3) is 0.250. The average molecular weight is 220 g/mol. The van der Waals surface area contributed by atoms with E-state index in [9.17, 15) is 9.18 Å². The Bertz CT molecular complexity index is 345. The van der Waals surface area contributed by atoms with Gasteiger partial charge in [0.1, 0.15) is 6.67 Å². The Kier molecular flexibility index (Phi) is 3.64. The molecular formula is C8H7ClFNO3. The number of alkyl halides is 1. The van der Waals surface area contributed by atoms with Gasteiger partial charge in [0, 0.05) is 0 Å². The van der Waals surface area contributed by atoms with Crippen LogP contribution in [0.15, 0.2) is 12.1 Å². The SMILES string of the molecule is O=C(O)COc1ccc(CF)nc1Cl. The van der Waals surface area contributed by atoms with Crippen LogP contribution in [-0.2, 0) is 11.5 Å². The van der Waals surface area contributed by atoms with Gasteiger partial charge in [-0.25, -0.2) is 14.2 Å². The predicted octanol–water partition coefficient (Wildman–Crippen LogP) is 1.67. The van der Waals surface area contributed by atoms with Crippen LogP contribution < -0.4 is 4.74 Å². The van der Waals surface area contributed by atoms with Crippen LogP contribution in [0.1, 0.15) is 5.69 Å². The van der Waals surface area contributed by atoms with E-state index in [-0.39, 0.29) is 16.6 Å². The van der Waals surface area contributed by atoms with E-state index >= 15 is 0 Å². The largest absolute Gasteiger partial charge is 0.479 e. The molecule has 6 heteroatoms. The zero-order valence-corrected chi connectivity index (χ0v) is 7.79. The Labute approximate surface area is 84.3 Å². The second-order valence-electron chi connectivity index (χ2n) is 2.41. The highest BCUT2D eigenvalue weighted by molar-refractivity contribution is 6.30. The van der Waals surface area contributed by atoms with Gasteiger partial charge in [-0.15, -0.1) is 0 Å². The molecule has 0 aromatic carbocycles. The maximum atomic E-state index is 12.1. The van der Waals surface area contributed by atoms with Crippen molar-refractivity contribution < 1.29 is 19.0 Å². The van der Waals surface area contributed by atoms with Gasteiger partial charge in [-0.3, -0.25) is 0 Å². The zero-order valence-electron chi connectivity index (χ0n) is 7.04. The molecule has 0 aliphatic heterocycles. The number of halogens is 2. The van der Waals surface area contributed by atoms with Crippen molar-refractivity contribution >= 4 is 17.6 Å². The Morgan fingerprint density at radius 3 is 2.86 bits per heavy atom. The minimum atomic E-state index is -1.12. The Morgan fingerprint density at radius 2 is 2.36 bits per heavy atom. The third kappa shape index (κ3) is 2.85. The molecule has 1 heterocycles. The third-order valence-electron chi connectivity index (χ3n) is 1.36. The van der Waals surface area contributed by atoms with E-state index in [4.69, 9.17) is 21.4 Å². The van der Waals surface area contributed by atoms with Gasteiger partial charge in [0.2, 0.25) is 0 Å². The minimum absolute atomic E-state index is 0.0404. The lowest BCUT2D eigenvalue weighted by Gasteiger charge is -2.04. The van der Waals surface area contributed by atoms with Gasteiger partial charge in [-0.1, -0.05) is 11.6 Å². The molecule has 0 bridgehead atoms. The average Bonchev–Trinajstić information content (AvgIpc) is 2.15. The van der Waals surface area contributed by atoms with Gasteiger partial charge in [0.15, 0.2) is 17.5 Å². The molecule has 76 valence electrons. The van der Waals surface area contributed by atoms with Crippen molar-refractivity contribution in [2.24, 2.45) is 0 Å². The number of carboxylic acids is 1. The number of pyridine rings is 1. The summed E-state index contributed by atoms with van der Waals surface area (Å²) in [5.41, 5.74) is 0.178. The highest BCUT2D eigenvalue weighted by Crippen LogP contribution is 2.22. The molecule has 0 saturated carbocycles. The summed E-state index contributed by atoms with van der Waals surface area (Å²) in [4.78, 5) is 13.8. The number of nitrogens with zero attached hydrogens (tertiary/aromatic N) is 1. The number of rotatable bonds is 4. The Morgan fingerprint density at radius 1 is 1.64 bits per heavy atom. The first-order valence-electron chi connectivity index (χ1n) is 3.69. The van der Waals surface area contributed by atoms with Gasteiger partial charge in [-0.2, -0.15) is 0 Å². The summed E-state index contributed by atoms with van der Waals surface area (Å²) in [6.07, 6.45) is 0. The molecule has 0 fully saturated rings. The fourth-order valence-electron chi connectivity index (χ4n) is 0.781. The van der Waals surface area contributed by atoms with E-state index in [1.165, 1.54) is 12.1 Å². The van der Waals surface area contributed by atoms with Crippen molar-refractivity contribution in [1.82, 2.24) is 4.98 Å². The molecule has 0 aliphatic carbocycles. The van der Waals surface area contributed by atoms with Crippen molar-refractivity contribution in [2.75, 3.05) is 6.61 Å². The molecule has 0 spiro atoms. The molecule has 0 amide bonds. The first kappa shape index (κ1) is 10.7. The van der Waals surface area contributed by atoms with Gasteiger partial charge in [0.25, 0.3) is 0 Å². The minimum Gasteiger partial charge on any atom is -0.479 e. The first-order chi connectivity index (χ1) is 6.63. The third-order valence-corrected chi connectivity index (χ3v) is 1.63. The Hall–Kier alpha value is -1.36. The van der Waals surface area contributed by atoms with E-state index in [1.807, 2.05) is 0 Å². The van der Waals surface area contributed by atoms with Gasteiger partial charge >= 0.3 is 5.97 Å². The maximum absolute atomic E-state index is 12.1. The fourth-order valence-corrected chi connectivity index (χ4v) is 1.01. The van der Waals surface area contributed by atoms with Crippen LogP contribution in [0.3, 0.4) is 0 Å². The number of hydrogen-bond donors (Lipinski definition) is 1. The van der Waals surface area contributed by atoms with Crippen molar-refractivity contribution in [3.8, 4) is 5.75 Å². The molecule has 1 rings (SSSR count).